The third kappa shape index (κ3) is 5.24. The molecule has 0 aliphatic rings. The smallest absolute Gasteiger partial charge is 0.305 e. The van der Waals surface area contributed by atoms with Crippen molar-refractivity contribution in [3.63, 3.8) is 0 Å². The number of nitrogens with zero attached hydrogens (tertiary/aromatic N) is 1. The Bertz CT molecular complexity index is 2630. The molecule has 0 amide bonds. The van der Waals surface area contributed by atoms with Gasteiger partial charge in [-0.05, 0) is 79.4 Å². The highest BCUT2D eigenvalue weighted by Crippen LogP contribution is 2.51. The van der Waals surface area contributed by atoms with E-state index in [0.29, 0.717) is 33.8 Å². The van der Waals surface area contributed by atoms with Gasteiger partial charge in [-0.2, -0.15) is 0 Å². The van der Waals surface area contributed by atoms with Gasteiger partial charge in [0, 0.05) is 27.6 Å². The molecule has 0 saturated heterocycles. The first kappa shape index (κ1) is 31.1. The first-order chi connectivity index (χ1) is 25.0. The normalized spacial score (nSPS) is 11.5. The Morgan fingerprint density at radius 3 is 1.33 bits per heavy atom. The van der Waals surface area contributed by atoms with Crippen molar-refractivity contribution < 1.29 is 23.2 Å². The fraction of sp³-hybridized carbons (Fsp3) is 0. The molecule has 2 aromatic heterocycles. The molecule has 7 aromatic carbocycles. The zero-order chi connectivity index (χ0) is 34.6. The van der Waals surface area contributed by atoms with Crippen molar-refractivity contribution in [2.24, 2.45) is 0 Å². The zero-order valence-corrected chi connectivity index (χ0v) is 29.6. The molecule has 9 heteroatoms. The maximum Gasteiger partial charge on any atom is 0.305 e. The molecule has 0 unspecified atom stereocenters. The van der Waals surface area contributed by atoms with Crippen molar-refractivity contribution >= 4 is 81.4 Å². The zero-order valence-electron chi connectivity index (χ0n) is 26.4. The second-order valence-electron chi connectivity index (χ2n) is 11.9. The molecular weight excluding hydrogens is 774 g/mol. The van der Waals surface area contributed by atoms with Gasteiger partial charge in [0.15, 0.2) is 11.5 Å². The Morgan fingerprint density at radius 2 is 0.902 bits per heavy atom. The minimum Gasteiger partial charge on any atom is -0.455 e. The maximum atomic E-state index is 12.6. The van der Waals surface area contributed by atoms with Crippen LogP contribution in [0.3, 0.4) is 0 Å². The summed E-state index contributed by atoms with van der Waals surface area (Å²) in [5.74, 6) is 1.26. The summed E-state index contributed by atoms with van der Waals surface area (Å²) in [5.41, 5.74) is 5.68. The SMILES string of the molecule is O=[N+]([O-])c1c(Br)c(Oc2ccc3c(oc4ccccc43)c2-c2ccccc2)cc(Oc2ccc3c(oc4ccccc43)c2-c2ccccc2)c1Br. The third-order valence-electron chi connectivity index (χ3n) is 8.88. The molecule has 9 rings (SSSR count). The van der Waals surface area contributed by atoms with Crippen LogP contribution >= 0.6 is 31.9 Å². The van der Waals surface area contributed by atoms with E-state index in [-0.39, 0.29) is 26.1 Å². The van der Waals surface area contributed by atoms with Crippen LogP contribution in [0.1, 0.15) is 0 Å². The van der Waals surface area contributed by atoms with E-state index in [1.165, 1.54) is 0 Å². The van der Waals surface area contributed by atoms with Crippen LogP contribution in [0, 0.1) is 10.1 Å². The largest absolute Gasteiger partial charge is 0.455 e. The molecule has 0 spiro atoms. The summed E-state index contributed by atoms with van der Waals surface area (Å²) in [6.07, 6.45) is 0. The second-order valence-corrected chi connectivity index (χ2v) is 13.5. The maximum absolute atomic E-state index is 12.6. The molecule has 9 aromatic rings. The number of hydrogen-bond donors (Lipinski definition) is 0. The van der Waals surface area contributed by atoms with Crippen LogP contribution in [0.15, 0.2) is 157 Å². The predicted octanol–water partition coefficient (Wildman–Crippen LogP) is 13.8. The van der Waals surface area contributed by atoms with E-state index < -0.39 is 4.92 Å². The summed E-state index contributed by atoms with van der Waals surface area (Å²) >= 11 is 6.96. The van der Waals surface area contributed by atoms with Gasteiger partial charge in [0.2, 0.25) is 0 Å². The van der Waals surface area contributed by atoms with E-state index in [4.69, 9.17) is 18.3 Å². The Kier molecular flexibility index (Phi) is 7.60. The van der Waals surface area contributed by atoms with E-state index in [1.54, 1.807) is 6.07 Å². The second kappa shape index (κ2) is 12.5. The topological polar surface area (TPSA) is 87.9 Å². The van der Waals surface area contributed by atoms with E-state index in [1.807, 2.05) is 133 Å². The molecule has 0 bridgehead atoms. The lowest BCUT2D eigenvalue weighted by molar-refractivity contribution is -0.386. The van der Waals surface area contributed by atoms with Crippen molar-refractivity contribution in [2.75, 3.05) is 0 Å². The van der Waals surface area contributed by atoms with Crippen molar-refractivity contribution in [1.82, 2.24) is 0 Å². The molecule has 51 heavy (non-hydrogen) atoms. The number of nitro groups is 1. The molecule has 246 valence electrons. The summed E-state index contributed by atoms with van der Waals surface area (Å²) in [7, 11) is 0. The highest BCUT2D eigenvalue weighted by molar-refractivity contribution is 9.11. The number of para-hydroxylation sites is 2. The van der Waals surface area contributed by atoms with Crippen LogP contribution in [-0.2, 0) is 0 Å². The number of halogens is 2. The van der Waals surface area contributed by atoms with Gasteiger partial charge >= 0.3 is 5.69 Å². The van der Waals surface area contributed by atoms with Gasteiger partial charge in [-0.25, -0.2) is 0 Å². The van der Waals surface area contributed by atoms with E-state index in [9.17, 15) is 10.1 Å². The molecule has 2 heterocycles. The van der Waals surface area contributed by atoms with Crippen molar-refractivity contribution in [1.29, 1.82) is 0 Å². The van der Waals surface area contributed by atoms with Crippen LogP contribution in [0.25, 0.3) is 66.1 Å². The Balaban J connectivity index is 1.22. The Labute approximate surface area is 307 Å². The highest BCUT2D eigenvalue weighted by atomic mass is 79.9. The predicted molar refractivity (Wildman–Crippen MR) is 207 cm³/mol. The average Bonchev–Trinajstić information content (AvgIpc) is 3.72. The summed E-state index contributed by atoms with van der Waals surface area (Å²) in [6, 6.07) is 44.4. The van der Waals surface area contributed by atoms with Crippen LogP contribution < -0.4 is 9.47 Å². The van der Waals surface area contributed by atoms with Crippen molar-refractivity contribution in [2.45, 2.75) is 0 Å². The van der Waals surface area contributed by atoms with E-state index in [0.717, 1.165) is 43.8 Å². The number of ether oxygens (including phenoxy) is 2. The molecule has 0 fully saturated rings. The number of hydrogen-bond acceptors (Lipinski definition) is 6. The van der Waals surface area contributed by atoms with Gasteiger partial charge in [-0.1, -0.05) is 97.1 Å². The molecule has 0 atom stereocenters. The fourth-order valence-electron chi connectivity index (χ4n) is 6.59. The number of fused-ring (bicyclic) bond motifs is 6. The lowest BCUT2D eigenvalue weighted by Crippen LogP contribution is -1.98. The summed E-state index contributed by atoms with van der Waals surface area (Å²) in [6.45, 7) is 0. The van der Waals surface area contributed by atoms with E-state index >= 15 is 0 Å². The number of benzene rings is 7. The molecule has 0 radical (unpaired) electrons. The van der Waals surface area contributed by atoms with E-state index in [2.05, 4.69) is 31.9 Å². The van der Waals surface area contributed by atoms with Gasteiger partial charge in [-0.3, -0.25) is 10.1 Å². The summed E-state index contributed by atoms with van der Waals surface area (Å²) in [5, 5.41) is 16.4. The van der Waals surface area contributed by atoms with Crippen LogP contribution in [-0.4, -0.2) is 4.92 Å². The molecule has 0 aliphatic heterocycles. The first-order valence-electron chi connectivity index (χ1n) is 16.0. The fourth-order valence-corrected chi connectivity index (χ4v) is 7.93. The minimum atomic E-state index is -0.477. The van der Waals surface area contributed by atoms with Gasteiger partial charge in [-0.15, -0.1) is 0 Å². The van der Waals surface area contributed by atoms with Gasteiger partial charge in [0.1, 0.15) is 42.8 Å². The van der Waals surface area contributed by atoms with Crippen molar-refractivity contribution in [3.8, 4) is 45.3 Å². The Hall–Kier alpha value is -5.90. The number of rotatable bonds is 7. The number of furan rings is 2. The Morgan fingerprint density at radius 1 is 0.490 bits per heavy atom. The highest BCUT2D eigenvalue weighted by Gasteiger charge is 2.29. The average molecular weight is 797 g/mol. The standard InChI is InChI=1S/C42H23Br2NO6/c43-38-34(48-32-21-19-28-26-15-7-9-17-30(26)50-41(28)36(32)24-11-3-1-4-12-24)23-35(39(44)40(38)45(46)47)49-33-22-20-29-27-16-8-10-18-31(27)51-42(29)37(33)25-13-5-2-6-14-25/h1-23H. The summed E-state index contributed by atoms with van der Waals surface area (Å²) < 4.78 is 26.3. The van der Waals surface area contributed by atoms with Gasteiger partial charge in [0.25, 0.3) is 0 Å². The molecule has 0 saturated carbocycles. The molecule has 7 nitrogen and oxygen atoms in total. The lowest BCUT2D eigenvalue weighted by Gasteiger charge is -2.17. The van der Waals surface area contributed by atoms with Gasteiger partial charge < -0.3 is 18.3 Å². The molecular formula is C42H23Br2NO6. The van der Waals surface area contributed by atoms with Gasteiger partial charge in [0.05, 0.1) is 16.1 Å². The van der Waals surface area contributed by atoms with Crippen LogP contribution in [0.5, 0.6) is 23.0 Å². The third-order valence-corrected chi connectivity index (χ3v) is 10.4. The lowest BCUT2D eigenvalue weighted by atomic mass is 10.0. The first-order valence-corrected chi connectivity index (χ1v) is 17.6. The van der Waals surface area contributed by atoms with Crippen molar-refractivity contribution in [3.05, 3.63) is 159 Å². The quantitative estimate of drug-likeness (QED) is 0.118. The van der Waals surface area contributed by atoms with Crippen LogP contribution in [0.2, 0.25) is 0 Å². The van der Waals surface area contributed by atoms with Crippen LogP contribution in [0.4, 0.5) is 5.69 Å². The minimum absolute atomic E-state index is 0.145. The monoisotopic (exact) mass is 795 g/mol. The molecule has 0 N–H and O–H groups in total. The summed E-state index contributed by atoms with van der Waals surface area (Å²) in [4.78, 5) is 12.1. The number of nitro benzene ring substituents is 1. The molecule has 0 aliphatic carbocycles.